The van der Waals surface area contributed by atoms with E-state index in [2.05, 4.69) is 35.0 Å². The van der Waals surface area contributed by atoms with Crippen LogP contribution in [0, 0.1) is 0 Å². The number of carboxylic acid groups (broad SMARTS) is 1. The Labute approximate surface area is 138 Å². The smallest absolute Gasteiger partial charge is 0.139 e. The van der Waals surface area contributed by atoms with E-state index in [1.54, 1.807) is 6.07 Å². The molecule has 0 saturated carbocycles. The van der Waals surface area contributed by atoms with Crippen molar-refractivity contribution < 1.29 is 39.0 Å². The minimum Gasteiger partial charge on any atom is -1.00 e. The Bertz CT molecular complexity index is 429. The molecule has 0 fully saturated rings. The van der Waals surface area contributed by atoms with E-state index in [1.807, 2.05) is 17.4 Å². The summed E-state index contributed by atoms with van der Waals surface area (Å²) in [4.78, 5) is 9.15. The fraction of sp³-hybridized carbons (Fsp3) is 0.500. The molecule has 0 atom stereocenters. The van der Waals surface area contributed by atoms with Crippen LogP contribution in [-0.4, -0.2) is 39.4 Å². The number of benzene rings is 1. The number of aromatic hydroxyl groups is 1. The first-order valence-electron chi connectivity index (χ1n) is 6.13. The summed E-state index contributed by atoms with van der Waals surface area (Å²) in [7, 11) is 7.62. The normalized spacial score (nSPS) is 10.2. The average molecular weight is 395 g/mol. The first-order valence-corrected chi connectivity index (χ1v) is 6.13. The summed E-state index contributed by atoms with van der Waals surface area (Å²) in [5, 5.41) is 20.5. The van der Waals surface area contributed by atoms with E-state index in [0.717, 1.165) is 4.48 Å². The summed E-state index contributed by atoms with van der Waals surface area (Å²) in [6.45, 7) is 4.34. The van der Waals surface area contributed by atoms with Crippen molar-refractivity contribution in [1.29, 1.82) is 0 Å². The molecule has 116 valence electrons. The Balaban J connectivity index is 0. The molecule has 0 unspecified atom stereocenters. The highest BCUT2D eigenvalue weighted by Crippen LogP contribution is 2.32. The number of quaternary nitrogens is 1. The van der Waals surface area contributed by atoms with Crippen molar-refractivity contribution in [3.8, 4) is 5.75 Å². The molecule has 0 spiro atoms. The Morgan fingerprint density at radius 3 is 2.05 bits per heavy atom. The zero-order chi connectivity index (χ0) is 15.2. The van der Waals surface area contributed by atoms with Gasteiger partial charge in [-0.25, -0.2) is 0 Å². The number of amides is 1. The fourth-order valence-corrected chi connectivity index (χ4v) is 1.60. The maximum absolute atomic E-state index is 9.47. The number of hydrogen-bond donors (Lipinski definition) is 2. The monoisotopic (exact) mass is 395 g/mol. The topological polar surface area (TPSA) is 72.4 Å². The van der Waals surface area contributed by atoms with E-state index in [0.29, 0.717) is 11.7 Å². The van der Waals surface area contributed by atoms with Crippen LogP contribution >= 0.6 is 0 Å². The number of hydrogen-bond acceptors (Lipinski definition) is 3. The van der Waals surface area contributed by atoms with Crippen LogP contribution in [0.15, 0.2) is 18.2 Å². The summed E-state index contributed by atoms with van der Waals surface area (Å²) in [6, 6.07) is 5.63. The number of carbonyl (C=O) groups is 1. The molecular weight excluding hydrogens is 371 g/mol. The van der Waals surface area contributed by atoms with Crippen molar-refractivity contribution in [2.75, 3.05) is 28.2 Å². The highest BCUT2D eigenvalue weighted by molar-refractivity contribution is 5.61. The molecule has 0 radical (unpaired) electrons. The zero-order valence-corrected chi connectivity index (χ0v) is 15.1. The zero-order valence-electron chi connectivity index (χ0n) is 12.9. The lowest BCUT2D eigenvalue weighted by Gasteiger charge is -2.27. The van der Waals surface area contributed by atoms with Crippen LogP contribution < -0.4 is 38.9 Å². The van der Waals surface area contributed by atoms with Crippen molar-refractivity contribution in [3.63, 3.8) is 0 Å². The summed E-state index contributed by atoms with van der Waals surface area (Å²) >= 11 is 0. The van der Waals surface area contributed by atoms with E-state index in [9.17, 15) is 5.11 Å². The Morgan fingerprint density at radius 2 is 1.75 bits per heavy atom. The van der Waals surface area contributed by atoms with Gasteiger partial charge in [-0.05, 0) is 18.1 Å². The summed E-state index contributed by atoms with van der Waals surface area (Å²) in [5.41, 5.74) is 2.48. The lowest BCUT2D eigenvalue weighted by molar-refractivity contribution is -0.250. The number of phenols is 1. The number of phenolic OH excluding ortho intramolecular Hbond substituents is 1. The second-order valence-electron chi connectivity index (χ2n) is 5.45. The maximum Gasteiger partial charge on any atom is 0.139 e. The van der Waals surface area contributed by atoms with Gasteiger partial charge in [-0.3, -0.25) is 4.48 Å². The van der Waals surface area contributed by atoms with Crippen LogP contribution in [0.1, 0.15) is 25.3 Å². The van der Waals surface area contributed by atoms with Crippen molar-refractivity contribution in [1.82, 2.24) is 9.80 Å². The van der Waals surface area contributed by atoms with Gasteiger partial charge < -0.3 is 44.3 Å². The van der Waals surface area contributed by atoms with Crippen LogP contribution in [0.4, 0.5) is 10.5 Å². The van der Waals surface area contributed by atoms with Gasteiger partial charge in [-0.1, -0.05) is 13.8 Å². The molecule has 20 heavy (non-hydrogen) atoms. The first-order chi connectivity index (χ1) is 8.59. The molecule has 6 heteroatoms. The molecule has 5 nitrogen and oxygen atoms in total. The molecule has 1 aromatic rings. The van der Waals surface area contributed by atoms with E-state index >= 15 is 0 Å². The lowest BCUT2D eigenvalue weighted by Crippen LogP contribution is -3.00. The Morgan fingerprint density at radius 1 is 1.30 bits per heavy atom. The fourth-order valence-electron chi connectivity index (χ4n) is 1.60. The summed E-state index contributed by atoms with van der Waals surface area (Å²) in [6.07, 6.45) is -1.25. The average Bonchev–Trinajstić information content (AvgIpc) is 2.28. The van der Waals surface area contributed by atoms with Crippen LogP contribution in [0.5, 0.6) is 5.75 Å². The predicted molar refractivity (Wildman–Crippen MR) is 76.2 cm³/mol. The molecule has 0 bridgehead atoms. The SMILES string of the molecule is CC(C)c1ccc(O)cc1[N+](C)(C)C.CNC(=O)[O-].[I-]. The molecule has 0 heterocycles. The van der Waals surface area contributed by atoms with Crippen molar-refractivity contribution >= 4 is 11.8 Å². The largest absolute Gasteiger partial charge is 1.00 e. The quantitative estimate of drug-likeness (QED) is 0.462. The van der Waals surface area contributed by atoms with Gasteiger partial charge >= 0.3 is 0 Å². The highest BCUT2D eigenvalue weighted by Gasteiger charge is 2.19. The molecule has 1 rings (SSSR count). The van der Waals surface area contributed by atoms with E-state index < -0.39 is 6.09 Å². The third kappa shape index (κ3) is 7.54. The van der Waals surface area contributed by atoms with E-state index in [4.69, 9.17) is 9.90 Å². The molecule has 0 saturated heterocycles. The Kier molecular flexibility index (Phi) is 9.59. The first kappa shape index (κ1) is 21.3. The minimum absolute atomic E-state index is 0. The third-order valence-corrected chi connectivity index (χ3v) is 2.56. The number of nitrogens with one attached hydrogen (secondary N) is 1. The maximum atomic E-state index is 9.47. The molecule has 2 N–H and O–H groups in total. The second-order valence-corrected chi connectivity index (χ2v) is 5.45. The van der Waals surface area contributed by atoms with Crippen molar-refractivity contribution in [2.24, 2.45) is 0 Å². The molecule has 0 aliphatic carbocycles. The number of rotatable bonds is 2. The third-order valence-electron chi connectivity index (χ3n) is 2.56. The molecule has 0 aromatic heterocycles. The van der Waals surface area contributed by atoms with Gasteiger partial charge in [0.1, 0.15) is 17.5 Å². The minimum atomic E-state index is -1.25. The summed E-state index contributed by atoms with van der Waals surface area (Å²) < 4.78 is 0.738. The van der Waals surface area contributed by atoms with Gasteiger partial charge in [0.25, 0.3) is 0 Å². The molecule has 1 amide bonds. The van der Waals surface area contributed by atoms with Gasteiger partial charge in [0.05, 0.1) is 21.1 Å². The predicted octanol–water partition coefficient (Wildman–Crippen LogP) is -1.73. The van der Waals surface area contributed by atoms with Crippen LogP contribution in [0.3, 0.4) is 0 Å². The molecular formula is C14H24IN2O3-. The van der Waals surface area contributed by atoms with Gasteiger partial charge in [0.15, 0.2) is 0 Å². The summed E-state index contributed by atoms with van der Waals surface area (Å²) in [5.74, 6) is 0.834. The number of halogens is 1. The van der Waals surface area contributed by atoms with Gasteiger partial charge in [0, 0.05) is 18.7 Å². The molecule has 1 aromatic carbocycles. The highest BCUT2D eigenvalue weighted by atomic mass is 127. The van der Waals surface area contributed by atoms with Crippen molar-refractivity contribution in [2.45, 2.75) is 19.8 Å². The second kappa shape index (κ2) is 9.02. The molecule has 0 aliphatic heterocycles. The van der Waals surface area contributed by atoms with Crippen LogP contribution in [0.25, 0.3) is 0 Å². The Hall–Kier alpha value is -1.02. The van der Waals surface area contributed by atoms with Crippen molar-refractivity contribution in [3.05, 3.63) is 23.8 Å². The lowest BCUT2D eigenvalue weighted by atomic mass is 9.99. The van der Waals surface area contributed by atoms with Crippen LogP contribution in [-0.2, 0) is 0 Å². The standard InChI is InChI=1S/C12H19NO.C2H5NO2.HI/c1-9(2)11-7-6-10(14)8-12(11)13(3,4)5;1-3-2(4)5;/h6-9H,1-5H3;3H,1H3,(H,4,5);1H/p-1. The number of nitrogens with zero attached hydrogens (tertiary/aromatic N) is 1. The van der Waals surface area contributed by atoms with E-state index in [1.165, 1.54) is 18.3 Å². The van der Waals surface area contributed by atoms with E-state index in [-0.39, 0.29) is 24.0 Å². The number of carbonyl (C=O) groups excluding carboxylic acids is 1. The van der Waals surface area contributed by atoms with Gasteiger partial charge in [-0.15, -0.1) is 0 Å². The molecule has 0 aliphatic rings. The van der Waals surface area contributed by atoms with Crippen LogP contribution in [0.2, 0.25) is 0 Å². The van der Waals surface area contributed by atoms with Gasteiger partial charge in [-0.2, -0.15) is 0 Å². The van der Waals surface area contributed by atoms with Gasteiger partial charge in [0.2, 0.25) is 0 Å².